The van der Waals surface area contributed by atoms with Crippen molar-refractivity contribution < 1.29 is 9.90 Å². The third kappa shape index (κ3) is 2.92. The molecular weight excluding hydrogens is 156 g/mol. The fourth-order valence-electron chi connectivity index (χ4n) is 0.677. The second-order valence-corrected chi connectivity index (χ2v) is 2.13. The van der Waals surface area contributed by atoms with E-state index in [0.29, 0.717) is 5.69 Å². The summed E-state index contributed by atoms with van der Waals surface area (Å²) in [6.07, 6.45) is 7.86. The van der Waals surface area contributed by atoms with Crippen LogP contribution in [-0.4, -0.2) is 21.0 Å². The first-order valence-corrected chi connectivity index (χ1v) is 3.43. The lowest BCUT2D eigenvalue weighted by molar-refractivity contribution is -0.135. The van der Waals surface area contributed by atoms with Crippen LogP contribution in [0.4, 0.5) is 0 Å². The van der Waals surface area contributed by atoms with Crippen molar-refractivity contribution in [1.82, 2.24) is 9.97 Å². The van der Waals surface area contributed by atoms with Crippen LogP contribution in [0.2, 0.25) is 0 Å². The Morgan fingerprint density at radius 1 is 1.58 bits per heavy atom. The second-order valence-electron chi connectivity index (χ2n) is 2.13. The Kier molecular flexibility index (Phi) is 2.95. The number of carboxylic acids is 1. The molecule has 0 spiro atoms. The van der Waals surface area contributed by atoms with E-state index >= 15 is 0 Å². The molecule has 0 bridgehead atoms. The summed E-state index contributed by atoms with van der Waals surface area (Å²) in [6, 6.07) is 0. The number of nitrogens with zero attached hydrogens (tertiary/aromatic N) is 2. The fourth-order valence-corrected chi connectivity index (χ4v) is 0.677. The van der Waals surface area contributed by atoms with E-state index in [4.69, 9.17) is 5.11 Å². The third-order valence-corrected chi connectivity index (χ3v) is 1.16. The SMILES string of the molecule is O=C(O)CC=Cc1cnccn1. The number of aromatic nitrogens is 2. The average molecular weight is 164 g/mol. The Hall–Kier alpha value is -1.71. The van der Waals surface area contributed by atoms with Crippen LogP contribution < -0.4 is 0 Å². The van der Waals surface area contributed by atoms with Crippen molar-refractivity contribution in [3.05, 3.63) is 30.4 Å². The van der Waals surface area contributed by atoms with Gasteiger partial charge in [0.1, 0.15) is 0 Å². The minimum Gasteiger partial charge on any atom is -0.481 e. The van der Waals surface area contributed by atoms with E-state index in [1.165, 1.54) is 6.08 Å². The molecule has 0 atom stereocenters. The summed E-state index contributed by atoms with van der Waals surface area (Å²) in [5.41, 5.74) is 0.666. The van der Waals surface area contributed by atoms with Crippen LogP contribution in [0.1, 0.15) is 12.1 Å². The van der Waals surface area contributed by atoms with Gasteiger partial charge in [0.05, 0.1) is 18.3 Å². The lowest BCUT2D eigenvalue weighted by Gasteiger charge is -1.88. The highest BCUT2D eigenvalue weighted by Gasteiger charge is 1.90. The largest absolute Gasteiger partial charge is 0.481 e. The third-order valence-electron chi connectivity index (χ3n) is 1.16. The normalized spacial score (nSPS) is 10.3. The number of aliphatic carboxylic acids is 1. The number of carbonyl (C=O) groups is 1. The lowest BCUT2D eigenvalue weighted by Crippen LogP contribution is -1.90. The van der Waals surface area contributed by atoms with Crippen LogP contribution in [0, 0.1) is 0 Å². The molecule has 0 aliphatic rings. The molecule has 0 aromatic carbocycles. The summed E-state index contributed by atoms with van der Waals surface area (Å²) in [5.74, 6) is -0.852. The topological polar surface area (TPSA) is 63.1 Å². The zero-order chi connectivity index (χ0) is 8.81. The Morgan fingerprint density at radius 3 is 3.00 bits per heavy atom. The van der Waals surface area contributed by atoms with Gasteiger partial charge >= 0.3 is 5.97 Å². The number of carboxylic acid groups (broad SMARTS) is 1. The van der Waals surface area contributed by atoms with Gasteiger partial charge in [-0.05, 0) is 6.08 Å². The molecule has 1 aromatic heterocycles. The molecule has 0 saturated heterocycles. The van der Waals surface area contributed by atoms with Crippen LogP contribution in [0.5, 0.6) is 0 Å². The van der Waals surface area contributed by atoms with Crippen LogP contribution in [0.3, 0.4) is 0 Å². The van der Waals surface area contributed by atoms with Crippen LogP contribution in [0.25, 0.3) is 6.08 Å². The molecular formula is C8H8N2O2. The van der Waals surface area contributed by atoms with Gasteiger partial charge in [-0.2, -0.15) is 0 Å². The van der Waals surface area contributed by atoms with Gasteiger partial charge in [0, 0.05) is 12.4 Å². The zero-order valence-corrected chi connectivity index (χ0v) is 6.34. The molecule has 1 heterocycles. The Morgan fingerprint density at radius 2 is 2.42 bits per heavy atom. The second kappa shape index (κ2) is 4.23. The first-order valence-electron chi connectivity index (χ1n) is 3.43. The summed E-state index contributed by atoms with van der Waals surface area (Å²) in [7, 11) is 0. The summed E-state index contributed by atoms with van der Waals surface area (Å²) in [4.78, 5) is 17.9. The van der Waals surface area contributed by atoms with Gasteiger partial charge in [-0.25, -0.2) is 0 Å². The molecule has 1 rings (SSSR count). The standard InChI is InChI=1S/C8H8N2O2/c11-8(12)3-1-2-7-6-9-4-5-10-7/h1-2,4-6H,3H2,(H,11,12). The summed E-state index contributed by atoms with van der Waals surface area (Å²) >= 11 is 0. The predicted molar refractivity (Wildman–Crippen MR) is 43.3 cm³/mol. The molecule has 0 aliphatic heterocycles. The summed E-state index contributed by atoms with van der Waals surface area (Å²) in [6.45, 7) is 0. The van der Waals surface area contributed by atoms with Crippen molar-refractivity contribution in [2.75, 3.05) is 0 Å². The van der Waals surface area contributed by atoms with Crippen LogP contribution >= 0.6 is 0 Å². The molecule has 0 amide bonds. The smallest absolute Gasteiger partial charge is 0.307 e. The van der Waals surface area contributed by atoms with E-state index in [-0.39, 0.29) is 6.42 Å². The molecule has 62 valence electrons. The van der Waals surface area contributed by atoms with E-state index in [9.17, 15) is 4.79 Å². The lowest BCUT2D eigenvalue weighted by atomic mass is 10.3. The molecule has 0 radical (unpaired) electrons. The van der Waals surface area contributed by atoms with Crippen molar-refractivity contribution in [3.63, 3.8) is 0 Å². The molecule has 4 heteroatoms. The number of hydrogen-bond acceptors (Lipinski definition) is 3. The Labute approximate surface area is 69.6 Å². The zero-order valence-electron chi connectivity index (χ0n) is 6.34. The van der Waals surface area contributed by atoms with Crippen molar-refractivity contribution in [3.8, 4) is 0 Å². The molecule has 12 heavy (non-hydrogen) atoms. The van der Waals surface area contributed by atoms with Gasteiger partial charge in [-0.15, -0.1) is 0 Å². The highest BCUT2D eigenvalue weighted by molar-refractivity contribution is 5.70. The van der Waals surface area contributed by atoms with E-state index < -0.39 is 5.97 Å². The van der Waals surface area contributed by atoms with Gasteiger partial charge in [0.2, 0.25) is 0 Å². The Balaban J connectivity index is 2.52. The van der Waals surface area contributed by atoms with Gasteiger partial charge in [-0.1, -0.05) is 6.08 Å². The van der Waals surface area contributed by atoms with Crippen LogP contribution in [-0.2, 0) is 4.79 Å². The molecule has 1 N–H and O–H groups in total. The average Bonchev–Trinajstić information content (AvgIpc) is 2.05. The minimum absolute atomic E-state index is 0.0105. The maximum atomic E-state index is 10.1. The van der Waals surface area contributed by atoms with Gasteiger partial charge < -0.3 is 5.11 Å². The first kappa shape index (κ1) is 8.39. The maximum absolute atomic E-state index is 10.1. The molecule has 0 unspecified atom stereocenters. The summed E-state index contributed by atoms with van der Waals surface area (Å²) in [5, 5.41) is 8.30. The van der Waals surface area contributed by atoms with Gasteiger partial charge in [0.25, 0.3) is 0 Å². The van der Waals surface area contributed by atoms with E-state index in [0.717, 1.165) is 0 Å². The molecule has 4 nitrogen and oxygen atoms in total. The van der Waals surface area contributed by atoms with E-state index in [1.807, 2.05) is 0 Å². The minimum atomic E-state index is -0.852. The van der Waals surface area contributed by atoms with Gasteiger partial charge in [-0.3, -0.25) is 14.8 Å². The molecule has 0 aliphatic carbocycles. The van der Waals surface area contributed by atoms with Crippen molar-refractivity contribution >= 4 is 12.0 Å². The summed E-state index contributed by atoms with van der Waals surface area (Å²) < 4.78 is 0. The predicted octanol–water partition coefficient (Wildman–Crippen LogP) is 0.965. The maximum Gasteiger partial charge on any atom is 0.307 e. The molecule has 0 saturated carbocycles. The molecule has 0 fully saturated rings. The van der Waals surface area contributed by atoms with Crippen molar-refractivity contribution in [2.24, 2.45) is 0 Å². The monoisotopic (exact) mass is 164 g/mol. The van der Waals surface area contributed by atoms with E-state index in [2.05, 4.69) is 9.97 Å². The number of rotatable bonds is 3. The highest BCUT2D eigenvalue weighted by atomic mass is 16.4. The van der Waals surface area contributed by atoms with Gasteiger partial charge in [0.15, 0.2) is 0 Å². The van der Waals surface area contributed by atoms with E-state index in [1.54, 1.807) is 24.7 Å². The first-order chi connectivity index (χ1) is 5.79. The van der Waals surface area contributed by atoms with Crippen LogP contribution in [0.15, 0.2) is 24.7 Å². The molecule has 1 aromatic rings. The number of hydrogen-bond donors (Lipinski definition) is 1. The fraction of sp³-hybridized carbons (Fsp3) is 0.125. The highest BCUT2D eigenvalue weighted by Crippen LogP contribution is 1.94. The quantitative estimate of drug-likeness (QED) is 0.722. The van der Waals surface area contributed by atoms with Crippen molar-refractivity contribution in [1.29, 1.82) is 0 Å². The van der Waals surface area contributed by atoms with Crippen molar-refractivity contribution in [2.45, 2.75) is 6.42 Å². The Bertz CT molecular complexity index is 282.